The average molecular weight is 325 g/mol. The number of rotatable bonds is 6. The minimum absolute atomic E-state index is 0.0597. The molecule has 0 spiro atoms. The van der Waals surface area contributed by atoms with Crippen LogP contribution in [0, 0.1) is 5.92 Å². The molecule has 0 aromatic carbocycles. The maximum Gasteiger partial charge on any atom is 0.417 e. The maximum atomic E-state index is 12.7. The molecule has 1 atom stereocenters. The molecule has 1 fully saturated rings. The van der Waals surface area contributed by atoms with E-state index in [1.807, 2.05) is 6.92 Å². The van der Waals surface area contributed by atoms with E-state index in [1.165, 1.54) is 4.90 Å². The van der Waals surface area contributed by atoms with Crippen LogP contribution in [0.4, 0.5) is 13.2 Å². The highest BCUT2D eigenvalue weighted by Gasteiger charge is 2.54. The van der Waals surface area contributed by atoms with E-state index < -0.39 is 24.6 Å². The van der Waals surface area contributed by atoms with E-state index in [0.29, 0.717) is 5.92 Å². The molecule has 1 amide bonds. The lowest BCUT2D eigenvalue weighted by atomic mass is 9.90. The highest BCUT2D eigenvalue weighted by atomic mass is 19.4. The van der Waals surface area contributed by atoms with Crippen molar-refractivity contribution in [3.63, 3.8) is 0 Å². The molecule has 1 aliphatic rings. The molecule has 22 heavy (non-hydrogen) atoms. The van der Waals surface area contributed by atoms with Crippen molar-refractivity contribution in [1.82, 2.24) is 4.90 Å². The number of carbonyl (C=O) groups excluding carboxylic acids is 1. The van der Waals surface area contributed by atoms with Crippen molar-refractivity contribution < 1.29 is 27.8 Å². The lowest BCUT2D eigenvalue weighted by Gasteiger charge is -2.39. The summed E-state index contributed by atoms with van der Waals surface area (Å²) in [6.45, 7) is 6.23. The number of amides is 1. The lowest BCUT2D eigenvalue weighted by Crippen LogP contribution is -2.54. The van der Waals surface area contributed by atoms with Gasteiger partial charge in [-0.2, -0.15) is 13.2 Å². The van der Waals surface area contributed by atoms with Crippen LogP contribution in [0.25, 0.3) is 0 Å². The highest BCUT2D eigenvalue weighted by molar-refractivity contribution is 5.76. The van der Waals surface area contributed by atoms with Crippen molar-refractivity contribution in [3.05, 3.63) is 0 Å². The van der Waals surface area contributed by atoms with E-state index in [9.17, 15) is 23.1 Å². The first kappa shape index (κ1) is 19.2. The third-order valence-corrected chi connectivity index (χ3v) is 3.99. The Balaban J connectivity index is 2.32. The van der Waals surface area contributed by atoms with Gasteiger partial charge in [0.05, 0.1) is 19.1 Å². The summed E-state index contributed by atoms with van der Waals surface area (Å²) in [6.07, 6.45) is -4.45. The van der Waals surface area contributed by atoms with E-state index in [4.69, 9.17) is 4.74 Å². The molecule has 0 aliphatic carbocycles. The summed E-state index contributed by atoms with van der Waals surface area (Å²) in [5, 5.41) is 9.55. The summed E-state index contributed by atoms with van der Waals surface area (Å²) < 4.78 is 43.6. The van der Waals surface area contributed by atoms with E-state index in [1.54, 1.807) is 0 Å². The normalized spacial score (nSPS) is 20.3. The van der Waals surface area contributed by atoms with E-state index in [0.717, 1.165) is 6.42 Å². The molecule has 0 bridgehead atoms. The number of carbonyl (C=O) groups is 1. The van der Waals surface area contributed by atoms with Crippen molar-refractivity contribution in [2.45, 2.75) is 64.3 Å². The summed E-state index contributed by atoms with van der Waals surface area (Å²) in [6, 6.07) is 0. The lowest BCUT2D eigenvalue weighted by molar-refractivity contribution is -0.272. The monoisotopic (exact) mass is 325 g/mol. The van der Waals surface area contributed by atoms with Gasteiger partial charge in [-0.05, 0) is 19.3 Å². The molecule has 7 heteroatoms. The number of ether oxygens (including phenoxy) is 1. The molecule has 1 saturated heterocycles. The van der Waals surface area contributed by atoms with Crippen LogP contribution < -0.4 is 0 Å². The Labute approximate surface area is 129 Å². The van der Waals surface area contributed by atoms with Gasteiger partial charge in [-0.15, -0.1) is 0 Å². The molecule has 1 unspecified atom stereocenters. The zero-order chi connectivity index (χ0) is 17.0. The van der Waals surface area contributed by atoms with Gasteiger partial charge in [0.1, 0.15) is 0 Å². The number of piperidine rings is 1. The quantitative estimate of drug-likeness (QED) is 0.817. The molecule has 1 aliphatic heterocycles. The number of likely N-dealkylation sites (tertiary alicyclic amines) is 1. The number of hydrogen-bond acceptors (Lipinski definition) is 3. The fourth-order valence-electron chi connectivity index (χ4n) is 2.65. The number of halogens is 3. The Kier molecular flexibility index (Phi) is 6.67. The fraction of sp³-hybridized carbons (Fsp3) is 0.933. The van der Waals surface area contributed by atoms with Gasteiger partial charge in [-0.25, -0.2) is 0 Å². The predicted octanol–water partition coefficient (Wildman–Crippen LogP) is 2.74. The topological polar surface area (TPSA) is 49.8 Å². The van der Waals surface area contributed by atoms with Gasteiger partial charge in [0.25, 0.3) is 0 Å². The maximum absolute atomic E-state index is 12.7. The van der Waals surface area contributed by atoms with Gasteiger partial charge < -0.3 is 14.7 Å². The summed E-state index contributed by atoms with van der Waals surface area (Å²) >= 11 is 0. The first-order chi connectivity index (χ1) is 10.0. The zero-order valence-electron chi connectivity index (χ0n) is 13.4. The number of alkyl halides is 3. The summed E-state index contributed by atoms with van der Waals surface area (Å²) in [5.41, 5.74) is -2.66. The van der Waals surface area contributed by atoms with Gasteiger partial charge in [0, 0.05) is 25.9 Å². The zero-order valence-corrected chi connectivity index (χ0v) is 13.4. The molecule has 1 N–H and O–H groups in total. The van der Waals surface area contributed by atoms with Crippen molar-refractivity contribution in [2.75, 3.05) is 19.7 Å². The molecule has 130 valence electrons. The molecule has 0 aromatic heterocycles. The second kappa shape index (κ2) is 7.64. The minimum atomic E-state index is -4.64. The standard InChI is InChI=1S/C15H26F3NO3/c1-11(2)10-12(3)22-9-4-13(20)19-7-5-14(21,6-8-19)15(16,17)18/h11-12,21H,4-10H2,1-3H3. The Hall–Kier alpha value is -0.820. The summed E-state index contributed by atoms with van der Waals surface area (Å²) in [5.74, 6) is 0.286. The largest absolute Gasteiger partial charge is 0.417 e. The molecular weight excluding hydrogens is 299 g/mol. The second-order valence-corrected chi connectivity index (χ2v) is 6.47. The minimum Gasteiger partial charge on any atom is -0.380 e. The summed E-state index contributed by atoms with van der Waals surface area (Å²) in [7, 11) is 0. The molecule has 1 rings (SSSR count). The van der Waals surface area contributed by atoms with E-state index in [-0.39, 0.29) is 38.1 Å². The van der Waals surface area contributed by atoms with Crippen molar-refractivity contribution in [1.29, 1.82) is 0 Å². The van der Waals surface area contributed by atoms with E-state index >= 15 is 0 Å². The average Bonchev–Trinajstić information content (AvgIpc) is 2.37. The van der Waals surface area contributed by atoms with Gasteiger partial charge in [-0.1, -0.05) is 13.8 Å². The first-order valence-electron chi connectivity index (χ1n) is 7.73. The molecule has 4 nitrogen and oxygen atoms in total. The number of aliphatic hydroxyl groups is 1. The third kappa shape index (κ3) is 5.43. The van der Waals surface area contributed by atoms with Crippen molar-refractivity contribution >= 4 is 5.91 Å². The first-order valence-corrected chi connectivity index (χ1v) is 7.73. The van der Waals surface area contributed by atoms with Crippen LogP contribution in [0.2, 0.25) is 0 Å². The van der Waals surface area contributed by atoms with Gasteiger partial charge in [0.15, 0.2) is 5.60 Å². The number of hydrogen-bond donors (Lipinski definition) is 1. The molecular formula is C15H26F3NO3. The van der Waals surface area contributed by atoms with Crippen molar-refractivity contribution in [3.8, 4) is 0 Å². The van der Waals surface area contributed by atoms with Crippen LogP contribution in [0.5, 0.6) is 0 Å². The Bertz CT molecular complexity index is 364. The SMILES string of the molecule is CC(C)CC(C)OCCC(=O)N1CCC(O)(C(F)(F)F)CC1. The van der Waals surface area contributed by atoms with Crippen molar-refractivity contribution in [2.24, 2.45) is 5.92 Å². The van der Waals surface area contributed by atoms with Gasteiger partial charge >= 0.3 is 6.18 Å². The smallest absolute Gasteiger partial charge is 0.380 e. The third-order valence-electron chi connectivity index (χ3n) is 3.99. The number of nitrogens with zero attached hydrogens (tertiary/aromatic N) is 1. The second-order valence-electron chi connectivity index (χ2n) is 6.47. The van der Waals surface area contributed by atoms with Crippen LogP contribution >= 0.6 is 0 Å². The predicted molar refractivity (Wildman–Crippen MR) is 76.3 cm³/mol. The molecule has 1 heterocycles. The molecule has 0 saturated carbocycles. The molecule has 0 radical (unpaired) electrons. The summed E-state index contributed by atoms with van der Waals surface area (Å²) in [4.78, 5) is 13.3. The van der Waals surface area contributed by atoms with Crippen LogP contribution in [-0.4, -0.2) is 53.5 Å². The van der Waals surface area contributed by atoms with Gasteiger partial charge in [0.2, 0.25) is 5.91 Å². The van der Waals surface area contributed by atoms with Crippen LogP contribution in [-0.2, 0) is 9.53 Å². The van der Waals surface area contributed by atoms with Crippen LogP contribution in [0.1, 0.15) is 46.5 Å². The van der Waals surface area contributed by atoms with Crippen LogP contribution in [0.15, 0.2) is 0 Å². The Morgan fingerprint density at radius 3 is 2.27 bits per heavy atom. The highest BCUT2D eigenvalue weighted by Crippen LogP contribution is 2.38. The van der Waals surface area contributed by atoms with Crippen LogP contribution in [0.3, 0.4) is 0 Å². The Morgan fingerprint density at radius 2 is 1.82 bits per heavy atom. The fourth-order valence-corrected chi connectivity index (χ4v) is 2.65. The van der Waals surface area contributed by atoms with E-state index in [2.05, 4.69) is 13.8 Å². The molecule has 0 aromatic rings. The van der Waals surface area contributed by atoms with Gasteiger partial charge in [-0.3, -0.25) is 4.79 Å². The Morgan fingerprint density at radius 1 is 1.27 bits per heavy atom.